The molecule has 0 unspecified atom stereocenters. The van der Waals surface area contributed by atoms with E-state index >= 15 is 0 Å². The van der Waals surface area contributed by atoms with Gasteiger partial charge in [0.15, 0.2) is 0 Å². The van der Waals surface area contributed by atoms with Gasteiger partial charge >= 0.3 is 0 Å². The van der Waals surface area contributed by atoms with Gasteiger partial charge in [-0.1, -0.05) is 7.43 Å². The molecule has 0 saturated heterocycles. The number of aromatic nitrogens is 1. The van der Waals surface area contributed by atoms with Crippen molar-refractivity contribution in [3.63, 3.8) is 0 Å². The Morgan fingerprint density at radius 2 is 2.20 bits per heavy atom. The highest BCUT2D eigenvalue weighted by molar-refractivity contribution is 5.94. The smallest absolute Gasteiger partial charge is 0.253 e. The number of benzene rings is 1. The van der Waals surface area contributed by atoms with Crippen LogP contribution in [0.15, 0.2) is 23.0 Å². The minimum Gasteiger partial charge on any atom is -0.492 e. The molecule has 0 aliphatic carbocycles. The maximum atomic E-state index is 12.0. The lowest BCUT2D eigenvalue weighted by Crippen LogP contribution is -2.22. The normalized spacial score (nSPS) is 13.2. The van der Waals surface area contributed by atoms with E-state index in [2.05, 4.69) is 10.3 Å². The lowest BCUT2D eigenvalue weighted by atomic mass is 10.0. The molecule has 1 aliphatic heterocycles. The molecule has 20 heavy (non-hydrogen) atoms. The Balaban J connectivity index is 0.00000147. The number of nitrogens with two attached hydrogens (primary N) is 1. The quantitative estimate of drug-likeness (QED) is 0.798. The molecule has 0 bridgehead atoms. The fourth-order valence-electron chi connectivity index (χ4n) is 2.50. The molecule has 2 aromatic rings. The molecule has 1 aromatic heterocycles. The maximum Gasteiger partial charge on any atom is 0.253 e. The summed E-state index contributed by atoms with van der Waals surface area (Å²) < 4.78 is 5.54. The Morgan fingerprint density at radius 1 is 1.35 bits per heavy atom. The van der Waals surface area contributed by atoms with Crippen LogP contribution in [0.2, 0.25) is 0 Å². The average molecular weight is 275 g/mol. The molecule has 3 rings (SSSR count). The predicted molar refractivity (Wildman–Crippen MR) is 82.7 cm³/mol. The van der Waals surface area contributed by atoms with Crippen molar-refractivity contribution >= 4 is 16.6 Å². The fourth-order valence-corrected chi connectivity index (χ4v) is 2.50. The Morgan fingerprint density at radius 3 is 3.00 bits per heavy atom. The first-order valence-corrected chi connectivity index (χ1v) is 6.55. The number of rotatable bonds is 3. The molecule has 0 saturated carbocycles. The first-order chi connectivity index (χ1) is 9.29. The van der Waals surface area contributed by atoms with Crippen LogP contribution < -0.4 is 21.3 Å². The number of pyridine rings is 1. The van der Waals surface area contributed by atoms with Crippen LogP contribution >= 0.6 is 0 Å². The van der Waals surface area contributed by atoms with Gasteiger partial charge in [0, 0.05) is 24.0 Å². The van der Waals surface area contributed by atoms with Crippen LogP contribution in [0.1, 0.15) is 19.4 Å². The standard InChI is InChI=1S/C14H17N3O2.CH4/c15-5-7-19-9-3-4-12-11(8-9)13-10(14(18)17-12)2-1-6-16-13;/h3-4,8,16H,1-2,5-7,15H2,(H,17,18);1H4. The first kappa shape index (κ1) is 14.4. The molecule has 2 heterocycles. The van der Waals surface area contributed by atoms with Crippen molar-refractivity contribution in [3.8, 4) is 5.75 Å². The molecule has 4 N–H and O–H groups in total. The SMILES string of the molecule is C.NCCOc1ccc2[nH]c(=O)c3c(c2c1)NCCC3. The van der Waals surface area contributed by atoms with Crippen LogP contribution in [-0.4, -0.2) is 24.7 Å². The van der Waals surface area contributed by atoms with Gasteiger partial charge in [0.25, 0.3) is 5.56 Å². The van der Waals surface area contributed by atoms with E-state index in [0.717, 1.165) is 47.3 Å². The van der Waals surface area contributed by atoms with Crippen LogP contribution in [0, 0.1) is 0 Å². The number of anilines is 1. The summed E-state index contributed by atoms with van der Waals surface area (Å²) in [6.45, 7) is 1.88. The Labute approximate surface area is 118 Å². The first-order valence-electron chi connectivity index (χ1n) is 6.55. The number of hydrogen-bond donors (Lipinski definition) is 3. The van der Waals surface area contributed by atoms with Crippen molar-refractivity contribution in [3.05, 3.63) is 34.1 Å². The topological polar surface area (TPSA) is 80.1 Å². The van der Waals surface area contributed by atoms with E-state index in [0.29, 0.717) is 13.2 Å². The van der Waals surface area contributed by atoms with Crippen molar-refractivity contribution in [1.29, 1.82) is 0 Å². The van der Waals surface area contributed by atoms with Gasteiger partial charge in [-0.05, 0) is 31.0 Å². The highest BCUT2D eigenvalue weighted by Crippen LogP contribution is 2.30. The molecule has 0 radical (unpaired) electrons. The highest BCUT2D eigenvalue weighted by Gasteiger charge is 2.16. The molecule has 5 heteroatoms. The number of ether oxygens (including phenoxy) is 1. The predicted octanol–water partition coefficient (Wildman–Crippen LogP) is 1.86. The molecular formula is C15H21N3O2. The Kier molecular flexibility index (Phi) is 4.29. The second-order valence-corrected chi connectivity index (χ2v) is 4.68. The summed E-state index contributed by atoms with van der Waals surface area (Å²) in [6, 6.07) is 5.68. The lowest BCUT2D eigenvalue weighted by molar-refractivity contribution is 0.329. The zero-order valence-corrected chi connectivity index (χ0v) is 10.7. The van der Waals surface area contributed by atoms with E-state index in [9.17, 15) is 4.79 Å². The number of H-pyrrole nitrogens is 1. The van der Waals surface area contributed by atoms with Gasteiger partial charge in [-0.25, -0.2) is 0 Å². The van der Waals surface area contributed by atoms with E-state index in [1.54, 1.807) is 0 Å². The van der Waals surface area contributed by atoms with E-state index in [-0.39, 0.29) is 13.0 Å². The van der Waals surface area contributed by atoms with Gasteiger partial charge in [0.1, 0.15) is 12.4 Å². The van der Waals surface area contributed by atoms with Crippen molar-refractivity contribution in [2.75, 3.05) is 25.0 Å². The van der Waals surface area contributed by atoms with Crippen molar-refractivity contribution in [2.24, 2.45) is 5.73 Å². The molecule has 108 valence electrons. The minimum absolute atomic E-state index is 0. The van der Waals surface area contributed by atoms with Crippen LogP contribution in [0.25, 0.3) is 10.9 Å². The second-order valence-electron chi connectivity index (χ2n) is 4.68. The summed E-state index contributed by atoms with van der Waals surface area (Å²) in [7, 11) is 0. The summed E-state index contributed by atoms with van der Waals surface area (Å²) in [5, 5.41) is 4.33. The summed E-state index contributed by atoms with van der Waals surface area (Å²) in [5.74, 6) is 0.777. The zero-order valence-electron chi connectivity index (χ0n) is 10.7. The third-order valence-corrected chi connectivity index (χ3v) is 3.38. The molecular weight excluding hydrogens is 254 g/mol. The third-order valence-electron chi connectivity index (χ3n) is 3.38. The second kappa shape index (κ2) is 5.96. The van der Waals surface area contributed by atoms with Gasteiger partial charge in [-0.2, -0.15) is 0 Å². The van der Waals surface area contributed by atoms with Crippen LogP contribution in [0.4, 0.5) is 5.69 Å². The van der Waals surface area contributed by atoms with Crippen LogP contribution in [0.5, 0.6) is 5.75 Å². The molecule has 0 spiro atoms. The van der Waals surface area contributed by atoms with Crippen molar-refractivity contribution < 1.29 is 4.74 Å². The van der Waals surface area contributed by atoms with Crippen LogP contribution in [-0.2, 0) is 6.42 Å². The van der Waals surface area contributed by atoms with E-state index in [1.165, 1.54) is 0 Å². The van der Waals surface area contributed by atoms with E-state index < -0.39 is 0 Å². The number of fused-ring (bicyclic) bond motifs is 3. The van der Waals surface area contributed by atoms with Gasteiger partial charge in [0.2, 0.25) is 0 Å². The summed E-state index contributed by atoms with van der Waals surface area (Å²) >= 11 is 0. The summed E-state index contributed by atoms with van der Waals surface area (Å²) in [5.41, 5.74) is 8.06. The third kappa shape index (κ3) is 2.49. The lowest BCUT2D eigenvalue weighted by Gasteiger charge is -2.19. The van der Waals surface area contributed by atoms with Gasteiger partial charge in [0.05, 0.1) is 11.2 Å². The van der Waals surface area contributed by atoms with Gasteiger partial charge < -0.3 is 20.8 Å². The Hall–Kier alpha value is -2.01. The number of hydrogen-bond acceptors (Lipinski definition) is 4. The fraction of sp³-hybridized carbons (Fsp3) is 0.400. The van der Waals surface area contributed by atoms with E-state index in [4.69, 9.17) is 10.5 Å². The minimum atomic E-state index is 0. The highest BCUT2D eigenvalue weighted by atomic mass is 16.5. The monoisotopic (exact) mass is 275 g/mol. The number of aromatic amines is 1. The molecule has 1 aromatic carbocycles. The van der Waals surface area contributed by atoms with Crippen LogP contribution in [0.3, 0.4) is 0 Å². The summed E-state index contributed by atoms with van der Waals surface area (Å²) in [6.07, 6.45) is 1.81. The molecule has 0 amide bonds. The largest absolute Gasteiger partial charge is 0.492 e. The number of nitrogens with one attached hydrogen (secondary N) is 2. The Bertz CT molecular complexity index is 664. The van der Waals surface area contributed by atoms with Crippen molar-refractivity contribution in [2.45, 2.75) is 20.3 Å². The van der Waals surface area contributed by atoms with Gasteiger partial charge in [-0.15, -0.1) is 0 Å². The molecule has 1 aliphatic rings. The zero-order chi connectivity index (χ0) is 13.2. The average Bonchev–Trinajstić information content (AvgIpc) is 2.46. The van der Waals surface area contributed by atoms with Gasteiger partial charge in [-0.3, -0.25) is 4.79 Å². The molecule has 5 nitrogen and oxygen atoms in total. The van der Waals surface area contributed by atoms with Crippen molar-refractivity contribution in [1.82, 2.24) is 4.98 Å². The molecule has 0 atom stereocenters. The molecule has 0 fully saturated rings. The van der Waals surface area contributed by atoms with E-state index in [1.807, 2.05) is 18.2 Å². The maximum absolute atomic E-state index is 12.0. The summed E-state index contributed by atoms with van der Waals surface area (Å²) in [4.78, 5) is 14.9.